The average Bonchev–Trinajstić information content (AvgIpc) is 3.08. The van der Waals surface area contributed by atoms with Crippen molar-refractivity contribution in [3.63, 3.8) is 0 Å². The first-order chi connectivity index (χ1) is 11.0. The molecule has 0 spiro atoms. The predicted octanol–water partition coefficient (Wildman–Crippen LogP) is 3.73. The number of H-pyrrole nitrogens is 1. The molecule has 2 N–H and O–H groups in total. The van der Waals surface area contributed by atoms with E-state index in [0.717, 1.165) is 30.1 Å². The van der Waals surface area contributed by atoms with Gasteiger partial charge in [0.05, 0.1) is 12.3 Å². The lowest BCUT2D eigenvalue weighted by molar-refractivity contribution is -0.111. The number of aromatic amines is 1. The van der Waals surface area contributed by atoms with E-state index in [2.05, 4.69) is 30.2 Å². The van der Waals surface area contributed by atoms with E-state index in [0.29, 0.717) is 5.41 Å². The van der Waals surface area contributed by atoms with Crippen LogP contribution in [0.1, 0.15) is 63.6 Å². The molecule has 0 saturated heterocycles. The van der Waals surface area contributed by atoms with Crippen molar-refractivity contribution in [3.8, 4) is 0 Å². The summed E-state index contributed by atoms with van der Waals surface area (Å²) >= 11 is 0. The molecule has 1 heterocycles. The molecule has 3 heteroatoms. The molecule has 3 saturated carbocycles. The molecule has 3 nitrogen and oxygen atoms in total. The lowest BCUT2D eigenvalue weighted by Gasteiger charge is -2.60. The number of nitrogens with one attached hydrogen (secondary N) is 1. The van der Waals surface area contributed by atoms with Gasteiger partial charge in [-0.3, -0.25) is 5.10 Å². The van der Waals surface area contributed by atoms with E-state index in [1.54, 1.807) is 0 Å². The van der Waals surface area contributed by atoms with E-state index in [4.69, 9.17) is 0 Å². The Bertz CT molecular complexity index is 625. The van der Waals surface area contributed by atoms with Crippen LogP contribution in [0.25, 0.3) is 0 Å². The molecule has 0 aliphatic heterocycles. The van der Waals surface area contributed by atoms with E-state index in [1.165, 1.54) is 56.2 Å². The number of aliphatic hydroxyl groups is 1. The SMILES string of the molecule is C[C@]12Cc3cn[nH]c3C[C@@H]1CC[C@H]1[C@@H]2CC[C@]2(C)[C@@H](O)CC[C@@H]12. The second-order valence-corrected chi connectivity index (χ2v) is 9.55. The standard InChI is InChI=1S/C20H30N2O/c1-19-8-7-16-14(15(19)5-6-18(19)23)4-3-13-9-17-12(11-21-22-17)10-20(13,16)2/h11,13-16,18,23H,3-10H2,1-2H3,(H,21,22)/t13-,14+,15-,16-,18-,19-,20-/m0/s1. The van der Waals surface area contributed by atoms with E-state index in [9.17, 15) is 5.11 Å². The summed E-state index contributed by atoms with van der Waals surface area (Å²) in [4.78, 5) is 0. The minimum Gasteiger partial charge on any atom is -0.393 e. The number of nitrogens with zero attached hydrogens (tertiary/aromatic N) is 1. The number of fused-ring (bicyclic) bond motifs is 6. The molecule has 0 bridgehead atoms. The van der Waals surface area contributed by atoms with Crippen LogP contribution in [-0.4, -0.2) is 21.4 Å². The van der Waals surface area contributed by atoms with Gasteiger partial charge in [-0.2, -0.15) is 5.10 Å². The molecule has 4 aliphatic carbocycles. The second kappa shape index (κ2) is 4.62. The van der Waals surface area contributed by atoms with Gasteiger partial charge in [0.2, 0.25) is 0 Å². The van der Waals surface area contributed by atoms with Crippen LogP contribution in [0, 0.1) is 34.5 Å². The fraction of sp³-hybridized carbons (Fsp3) is 0.850. The van der Waals surface area contributed by atoms with Crippen molar-refractivity contribution in [2.45, 2.75) is 71.3 Å². The zero-order valence-electron chi connectivity index (χ0n) is 14.5. The Labute approximate surface area is 139 Å². The maximum atomic E-state index is 10.6. The zero-order valence-corrected chi connectivity index (χ0v) is 14.5. The molecule has 0 aromatic carbocycles. The Balaban J connectivity index is 1.50. The summed E-state index contributed by atoms with van der Waals surface area (Å²) < 4.78 is 0. The third-order valence-electron chi connectivity index (χ3n) is 8.84. The predicted molar refractivity (Wildman–Crippen MR) is 89.9 cm³/mol. The third-order valence-corrected chi connectivity index (χ3v) is 8.84. The largest absolute Gasteiger partial charge is 0.393 e. The molecule has 23 heavy (non-hydrogen) atoms. The highest BCUT2D eigenvalue weighted by atomic mass is 16.3. The van der Waals surface area contributed by atoms with Crippen molar-refractivity contribution in [3.05, 3.63) is 17.5 Å². The van der Waals surface area contributed by atoms with E-state index >= 15 is 0 Å². The van der Waals surface area contributed by atoms with Gasteiger partial charge >= 0.3 is 0 Å². The lowest BCUT2D eigenvalue weighted by Crippen LogP contribution is -2.54. The summed E-state index contributed by atoms with van der Waals surface area (Å²) in [6.45, 7) is 4.97. The van der Waals surface area contributed by atoms with Crippen LogP contribution in [0.4, 0.5) is 0 Å². The van der Waals surface area contributed by atoms with Gasteiger partial charge < -0.3 is 5.11 Å². The number of aliphatic hydroxyl groups excluding tert-OH is 1. The molecule has 3 fully saturated rings. The van der Waals surface area contributed by atoms with Gasteiger partial charge in [-0.15, -0.1) is 0 Å². The Morgan fingerprint density at radius 1 is 1.09 bits per heavy atom. The average molecular weight is 314 g/mol. The van der Waals surface area contributed by atoms with Crippen LogP contribution in [0.15, 0.2) is 6.20 Å². The van der Waals surface area contributed by atoms with Gasteiger partial charge in [0.1, 0.15) is 0 Å². The van der Waals surface area contributed by atoms with Crippen molar-refractivity contribution in [1.82, 2.24) is 10.2 Å². The molecule has 0 unspecified atom stereocenters. The highest BCUT2D eigenvalue weighted by molar-refractivity contribution is 5.25. The van der Waals surface area contributed by atoms with Crippen LogP contribution in [0.3, 0.4) is 0 Å². The first-order valence-electron chi connectivity index (χ1n) is 9.71. The number of aromatic nitrogens is 2. The molecule has 1 aromatic rings. The van der Waals surface area contributed by atoms with E-state index in [-0.39, 0.29) is 11.5 Å². The quantitative estimate of drug-likeness (QED) is 0.766. The fourth-order valence-corrected chi connectivity index (χ4v) is 7.44. The Kier molecular flexibility index (Phi) is 2.92. The molecule has 7 atom stereocenters. The van der Waals surface area contributed by atoms with E-state index < -0.39 is 0 Å². The van der Waals surface area contributed by atoms with Crippen molar-refractivity contribution in [1.29, 1.82) is 0 Å². The normalized spacial score (nSPS) is 51.5. The third kappa shape index (κ3) is 1.78. The number of rotatable bonds is 0. The summed E-state index contributed by atoms with van der Waals surface area (Å²) in [5.74, 6) is 3.29. The van der Waals surface area contributed by atoms with E-state index in [1.807, 2.05) is 0 Å². The molecular formula is C20H30N2O. The fourth-order valence-electron chi connectivity index (χ4n) is 7.44. The summed E-state index contributed by atoms with van der Waals surface area (Å²) in [6.07, 6.45) is 12.1. The highest BCUT2D eigenvalue weighted by Crippen LogP contribution is 2.65. The van der Waals surface area contributed by atoms with Gasteiger partial charge in [0, 0.05) is 5.69 Å². The minimum atomic E-state index is -0.0502. The van der Waals surface area contributed by atoms with Crippen LogP contribution >= 0.6 is 0 Å². The Morgan fingerprint density at radius 3 is 2.78 bits per heavy atom. The zero-order chi connectivity index (χ0) is 15.8. The molecule has 5 rings (SSSR count). The Hall–Kier alpha value is -0.830. The van der Waals surface area contributed by atoms with Crippen LogP contribution < -0.4 is 0 Å². The number of hydrogen-bond acceptors (Lipinski definition) is 2. The summed E-state index contributed by atoms with van der Waals surface area (Å²) in [5.41, 5.74) is 3.54. The van der Waals surface area contributed by atoms with Gasteiger partial charge in [-0.25, -0.2) is 0 Å². The van der Waals surface area contributed by atoms with Crippen molar-refractivity contribution in [2.75, 3.05) is 0 Å². The highest BCUT2D eigenvalue weighted by Gasteiger charge is 2.60. The van der Waals surface area contributed by atoms with Gasteiger partial charge in [0.25, 0.3) is 0 Å². The van der Waals surface area contributed by atoms with Crippen LogP contribution in [0.5, 0.6) is 0 Å². The summed E-state index contributed by atoms with van der Waals surface area (Å²) in [5, 5.41) is 18.1. The summed E-state index contributed by atoms with van der Waals surface area (Å²) in [6, 6.07) is 0. The maximum Gasteiger partial charge on any atom is 0.0596 e. The smallest absolute Gasteiger partial charge is 0.0596 e. The molecule has 126 valence electrons. The van der Waals surface area contributed by atoms with Crippen LogP contribution in [0.2, 0.25) is 0 Å². The molecule has 0 amide bonds. The molecule has 4 aliphatic rings. The van der Waals surface area contributed by atoms with Crippen molar-refractivity contribution >= 4 is 0 Å². The molecule has 1 aromatic heterocycles. The number of hydrogen-bond donors (Lipinski definition) is 2. The first kappa shape index (κ1) is 14.5. The molecular weight excluding hydrogens is 284 g/mol. The minimum absolute atomic E-state index is 0.0502. The topological polar surface area (TPSA) is 48.9 Å². The van der Waals surface area contributed by atoms with Crippen LogP contribution in [-0.2, 0) is 12.8 Å². The van der Waals surface area contributed by atoms with Gasteiger partial charge in [0.15, 0.2) is 0 Å². The lowest BCUT2D eigenvalue weighted by atomic mass is 9.45. The summed E-state index contributed by atoms with van der Waals surface area (Å²) in [7, 11) is 0. The monoisotopic (exact) mass is 314 g/mol. The van der Waals surface area contributed by atoms with Crippen molar-refractivity contribution in [2.24, 2.45) is 34.5 Å². The van der Waals surface area contributed by atoms with Crippen molar-refractivity contribution < 1.29 is 5.11 Å². The Morgan fingerprint density at radius 2 is 1.91 bits per heavy atom. The second-order valence-electron chi connectivity index (χ2n) is 9.55. The molecule has 0 radical (unpaired) electrons. The van der Waals surface area contributed by atoms with Gasteiger partial charge in [-0.1, -0.05) is 13.8 Å². The first-order valence-corrected chi connectivity index (χ1v) is 9.71. The maximum absolute atomic E-state index is 10.6. The van der Waals surface area contributed by atoms with Gasteiger partial charge in [-0.05, 0) is 91.4 Å².